The van der Waals surface area contributed by atoms with Crippen molar-refractivity contribution in [2.24, 2.45) is 5.92 Å². The van der Waals surface area contributed by atoms with Gasteiger partial charge in [0.15, 0.2) is 0 Å². The minimum absolute atomic E-state index is 0.0229. The Hall–Kier alpha value is -2.46. The lowest BCUT2D eigenvalue weighted by Crippen LogP contribution is -2.49. The van der Waals surface area contributed by atoms with E-state index in [0.717, 1.165) is 19.6 Å². The average molecular weight is 488 g/mol. The fraction of sp³-hybridized carbons (Fsp3) is 0.480. The van der Waals surface area contributed by atoms with Crippen molar-refractivity contribution < 1.29 is 22.7 Å². The Kier molecular flexibility index (Phi) is 8.20. The normalized spacial score (nSPS) is 20.7. The third-order valence-electron chi connectivity index (χ3n) is 6.50. The van der Waals surface area contributed by atoms with Crippen molar-refractivity contribution in [2.75, 3.05) is 46.4 Å². The molecule has 2 fully saturated rings. The number of morpholine rings is 1. The highest BCUT2D eigenvalue weighted by atomic mass is 32.2. The molecule has 0 aromatic heterocycles. The van der Waals surface area contributed by atoms with E-state index in [0.29, 0.717) is 44.8 Å². The lowest BCUT2D eigenvalue weighted by molar-refractivity contribution is -0.127. The van der Waals surface area contributed by atoms with Crippen molar-refractivity contribution in [3.05, 3.63) is 60.2 Å². The Morgan fingerprint density at radius 2 is 1.76 bits per heavy atom. The van der Waals surface area contributed by atoms with Gasteiger partial charge in [-0.15, -0.1) is 0 Å². The number of hydrogen-bond donors (Lipinski definition) is 1. The van der Waals surface area contributed by atoms with Crippen LogP contribution >= 0.6 is 0 Å². The lowest BCUT2D eigenvalue weighted by Gasteiger charge is -2.34. The van der Waals surface area contributed by atoms with Crippen molar-refractivity contribution in [3.63, 3.8) is 0 Å². The van der Waals surface area contributed by atoms with Gasteiger partial charge in [0.05, 0.1) is 24.7 Å². The summed E-state index contributed by atoms with van der Waals surface area (Å²) < 4.78 is 38.3. The Labute approximate surface area is 201 Å². The summed E-state index contributed by atoms with van der Waals surface area (Å²) in [5, 5.41) is 3.03. The largest absolute Gasteiger partial charge is 0.497 e. The molecular formula is C25H33N3O5S. The number of rotatable bonds is 8. The Bertz CT molecular complexity index is 1040. The number of methoxy groups -OCH3 is 1. The molecule has 2 aromatic rings. The zero-order valence-corrected chi connectivity index (χ0v) is 20.4. The van der Waals surface area contributed by atoms with Gasteiger partial charge in [0.25, 0.3) is 0 Å². The van der Waals surface area contributed by atoms with Crippen LogP contribution in [-0.4, -0.2) is 76.1 Å². The molecule has 2 heterocycles. The topological polar surface area (TPSA) is 88.2 Å². The van der Waals surface area contributed by atoms with Crippen LogP contribution in [0.3, 0.4) is 0 Å². The monoisotopic (exact) mass is 487 g/mol. The first kappa shape index (κ1) is 24.7. The molecule has 0 bridgehead atoms. The molecule has 184 valence electrons. The van der Waals surface area contributed by atoms with E-state index in [-0.39, 0.29) is 22.8 Å². The van der Waals surface area contributed by atoms with Gasteiger partial charge in [0.1, 0.15) is 5.75 Å². The number of ether oxygens (including phenoxy) is 2. The fourth-order valence-electron chi connectivity index (χ4n) is 4.50. The number of nitrogens with zero attached hydrogens (tertiary/aromatic N) is 2. The van der Waals surface area contributed by atoms with Gasteiger partial charge in [-0.3, -0.25) is 9.69 Å². The van der Waals surface area contributed by atoms with E-state index in [4.69, 9.17) is 9.47 Å². The Morgan fingerprint density at radius 3 is 2.44 bits per heavy atom. The number of benzene rings is 2. The van der Waals surface area contributed by atoms with Crippen LogP contribution in [0, 0.1) is 5.92 Å². The number of piperidine rings is 1. The molecule has 8 nitrogen and oxygen atoms in total. The molecule has 1 N–H and O–H groups in total. The van der Waals surface area contributed by atoms with Crippen LogP contribution in [0.2, 0.25) is 0 Å². The zero-order chi connectivity index (χ0) is 24.0. The second kappa shape index (κ2) is 11.3. The van der Waals surface area contributed by atoms with Gasteiger partial charge in [0.2, 0.25) is 15.9 Å². The van der Waals surface area contributed by atoms with Gasteiger partial charge < -0.3 is 14.8 Å². The molecule has 1 amide bonds. The predicted octanol–water partition coefficient (Wildman–Crippen LogP) is 2.11. The summed E-state index contributed by atoms with van der Waals surface area (Å²) in [6, 6.07) is 16.7. The number of amides is 1. The van der Waals surface area contributed by atoms with Crippen LogP contribution in [0.4, 0.5) is 0 Å². The van der Waals surface area contributed by atoms with Crippen LogP contribution < -0.4 is 10.1 Å². The Balaban J connectivity index is 1.22. The quantitative estimate of drug-likeness (QED) is 0.614. The van der Waals surface area contributed by atoms with Gasteiger partial charge in [-0.25, -0.2) is 8.42 Å². The minimum atomic E-state index is -3.58. The number of nitrogens with one attached hydrogen (secondary N) is 1. The minimum Gasteiger partial charge on any atom is -0.497 e. The standard InChI is InChI=1S/C25H33N3O5S/c1-32-22-7-9-24(10-8-22)34(30,31)28-13-11-21(12-14-28)25(29)26-17-23-19-27(15-16-33-23)18-20-5-3-2-4-6-20/h2-10,21,23H,11-19H2,1H3,(H,26,29)/t23-/m0/s1. The molecule has 2 aliphatic rings. The molecule has 0 aliphatic carbocycles. The van der Waals surface area contributed by atoms with E-state index < -0.39 is 10.0 Å². The number of carbonyl (C=O) groups is 1. The lowest BCUT2D eigenvalue weighted by atomic mass is 9.97. The third kappa shape index (κ3) is 6.15. The first-order chi connectivity index (χ1) is 16.5. The van der Waals surface area contributed by atoms with Crippen molar-refractivity contribution in [3.8, 4) is 5.75 Å². The van der Waals surface area contributed by atoms with Crippen LogP contribution in [0.5, 0.6) is 5.75 Å². The highest BCUT2D eigenvalue weighted by molar-refractivity contribution is 7.89. The van der Waals surface area contributed by atoms with Crippen LogP contribution in [0.15, 0.2) is 59.5 Å². The molecule has 0 spiro atoms. The summed E-state index contributed by atoms with van der Waals surface area (Å²) in [5.41, 5.74) is 1.27. The number of sulfonamides is 1. The van der Waals surface area contributed by atoms with Gasteiger partial charge >= 0.3 is 0 Å². The van der Waals surface area contributed by atoms with Gasteiger partial charge in [-0.2, -0.15) is 4.31 Å². The molecule has 4 rings (SSSR count). The number of hydrogen-bond acceptors (Lipinski definition) is 6. The molecule has 9 heteroatoms. The van der Waals surface area contributed by atoms with E-state index in [9.17, 15) is 13.2 Å². The summed E-state index contributed by atoms with van der Waals surface area (Å²) in [7, 11) is -2.03. The SMILES string of the molecule is COc1ccc(S(=O)(=O)N2CCC(C(=O)NC[C@H]3CN(Cc4ccccc4)CCO3)CC2)cc1. The van der Waals surface area contributed by atoms with E-state index in [2.05, 4.69) is 22.3 Å². The van der Waals surface area contributed by atoms with Crippen LogP contribution in [-0.2, 0) is 26.1 Å². The predicted molar refractivity (Wildman–Crippen MR) is 129 cm³/mol. The van der Waals surface area contributed by atoms with Crippen LogP contribution in [0.25, 0.3) is 0 Å². The van der Waals surface area contributed by atoms with E-state index >= 15 is 0 Å². The molecule has 34 heavy (non-hydrogen) atoms. The summed E-state index contributed by atoms with van der Waals surface area (Å²) in [5.74, 6) is 0.399. The van der Waals surface area contributed by atoms with Crippen molar-refractivity contribution in [1.29, 1.82) is 0 Å². The average Bonchev–Trinajstić information content (AvgIpc) is 2.88. The molecule has 0 radical (unpaired) electrons. The molecule has 1 atom stereocenters. The molecular weight excluding hydrogens is 454 g/mol. The molecule has 2 aliphatic heterocycles. The van der Waals surface area contributed by atoms with Gasteiger partial charge in [0, 0.05) is 45.2 Å². The number of carbonyl (C=O) groups excluding carboxylic acids is 1. The Morgan fingerprint density at radius 1 is 1.06 bits per heavy atom. The van der Waals surface area contributed by atoms with E-state index in [1.165, 1.54) is 9.87 Å². The summed E-state index contributed by atoms with van der Waals surface area (Å²) in [6.45, 7) is 4.29. The highest BCUT2D eigenvalue weighted by Gasteiger charge is 2.32. The van der Waals surface area contributed by atoms with Crippen molar-refractivity contribution in [1.82, 2.24) is 14.5 Å². The maximum absolute atomic E-state index is 12.9. The fourth-order valence-corrected chi connectivity index (χ4v) is 5.97. The first-order valence-electron chi connectivity index (χ1n) is 11.8. The molecule has 2 aromatic carbocycles. The van der Waals surface area contributed by atoms with Crippen molar-refractivity contribution in [2.45, 2.75) is 30.4 Å². The maximum Gasteiger partial charge on any atom is 0.243 e. The molecule has 2 saturated heterocycles. The summed E-state index contributed by atoms with van der Waals surface area (Å²) in [4.78, 5) is 15.3. The van der Waals surface area contributed by atoms with Crippen LogP contribution in [0.1, 0.15) is 18.4 Å². The first-order valence-corrected chi connectivity index (χ1v) is 13.2. The summed E-state index contributed by atoms with van der Waals surface area (Å²) >= 11 is 0. The molecule has 0 saturated carbocycles. The second-order valence-electron chi connectivity index (χ2n) is 8.81. The maximum atomic E-state index is 12.9. The third-order valence-corrected chi connectivity index (χ3v) is 8.41. The zero-order valence-electron chi connectivity index (χ0n) is 19.6. The van der Waals surface area contributed by atoms with E-state index in [1.54, 1.807) is 31.4 Å². The molecule has 0 unspecified atom stereocenters. The van der Waals surface area contributed by atoms with E-state index in [1.807, 2.05) is 18.2 Å². The smallest absolute Gasteiger partial charge is 0.243 e. The second-order valence-corrected chi connectivity index (χ2v) is 10.8. The highest BCUT2D eigenvalue weighted by Crippen LogP contribution is 2.25. The van der Waals surface area contributed by atoms with Gasteiger partial charge in [-0.1, -0.05) is 30.3 Å². The summed E-state index contributed by atoms with van der Waals surface area (Å²) in [6.07, 6.45) is 0.969. The van der Waals surface area contributed by atoms with Crippen molar-refractivity contribution >= 4 is 15.9 Å². The van der Waals surface area contributed by atoms with Gasteiger partial charge in [-0.05, 0) is 42.7 Å².